The highest BCUT2D eigenvalue weighted by molar-refractivity contribution is 9.10. The summed E-state index contributed by atoms with van der Waals surface area (Å²) < 4.78 is 32.8. The SMILES string of the molecule is CNCc1ccccc1Oc1cc(Br)cc(F)c1F. The Bertz CT molecular complexity index is 590. The molecule has 0 spiro atoms. The molecule has 0 aliphatic rings. The van der Waals surface area contributed by atoms with Crippen molar-refractivity contribution in [3.63, 3.8) is 0 Å². The largest absolute Gasteiger partial charge is 0.454 e. The Hall–Kier alpha value is -1.46. The van der Waals surface area contributed by atoms with E-state index in [0.29, 0.717) is 16.8 Å². The fourth-order valence-corrected chi connectivity index (χ4v) is 2.07. The van der Waals surface area contributed by atoms with Gasteiger partial charge in [-0.1, -0.05) is 34.1 Å². The summed E-state index contributed by atoms with van der Waals surface area (Å²) in [4.78, 5) is 0. The van der Waals surface area contributed by atoms with Crippen LogP contribution in [-0.2, 0) is 6.54 Å². The second-order valence-electron chi connectivity index (χ2n) is 3.94. The van der Waals surface area contributed by atoms with Crippen molar-refractivity contribution in [2.24, 2.45) is 0 Å². The van der Waals surface area contributed by atoms with Gasteiger partial charge in [0.1, 0.15) is 5.75 Å². The van der Waals surface area contributed by atoms with Gasteiger partial charge in [0.05, 0.1) is 0 Å². The standard InChI is InChI=1S/C14H12BrF2NO/c1-18-8-9-4-2-3-5-12(9)19-13-7-10(15)6-11(16)14(13)17/h2-7,18H,8H2,1H3. The van der Waals surface area contributed by atoms with Crippen molar-refractivity contribution in [1.29, 1.82) is 0 Å². The molecule has 0 radical (unpaired) electrons. The molecule has 0 bridgehead atoms. The molecule has 1 N–H and O–H groups in total. The Morgan fingerprint density at radius 3 is 2.63 bits per heavy atom. The lowest BCUT2D eigenvalue weighted by Crippen LogP contribution is -2.06. The molecule has 0 atom stereocenters. The van der Waals surface area contributed by atoms with Crippen molar-refractivity contribution in [3.8, 4) is 11.5 Å². The van der Waals surface area contributed by atoms with E-state index in [0.717, 1.165) is 11.6 Å². The van der Waals surface area contributed by atoms with Gasteiger partial charge in [-0.05, 0) is 25.2 Å². The maximum atomic E-state index is 13.6. The van der Waals surface area contributed by atoms with Crippen LogP contribution in [0.1, 0.15) is 5.56 Å². The van der Waals surface area contributed by atoms with Crippen LogP contribution in [0, 0.1) is 11.6 Å². The van der Waals surface area contributed by atoms with Crippen molar-refractivity contribution in [1.82, 2.24) is 5.32 Å². The summed E-state index contributed by atoms with van der Waals surface area (Å²) in [6, 6.07) is 9.66. The van der Waals surface area contributed by atoms with Gasteiger partial charge >= 0.3 is 0 Å². The van der Waals surface area contributed by atoms with Crippen LogP contribution >= 0.6 is 15.9 Å². The van der Waals surface area contributed by atoms with E-state index in [1.54, 1.807) is 19.2 Å². The quantitative estimate of drug-likeness (QED) is 0.848. The summed E-state index contributed by atoms with van der Waals surface area (Å²) in [7, 11) is 1.80. The Balaban J connectivity index is 2.36. The molecule has 0 fully saturated rings. The predicted octanol–water partition coefficient (Wildman–Crippen LogP) is 4.24. The van der Waals surface area contributed by atoms with Crippen molar-refractivity contribution in [2.75, 3.05) is 7.05 Å². The fraction of sp³-hybridized carbons (Fsp3) is 0.143. The summed E-state index contributed by atoms with van der Waals surface area (Å²) in [6.45, 7) is 0.578. The smallest absolute Gasteiger partial charge is 0.201 e. The maximum Gasteiger partial charge on any atom is 0.201 e. The van der Waals surface area contributed by atoms with Gasteiger partial charge in [0.2, 0.25) is 5.82 Å². The lowest BCUT2D eigenvalue weighted by molar-refractivity contribution is 0.411. The summed E-state index contributed by atoms with van der Waals surface area (Å²) in [5.41, 5.74) is 0.866. The van der Waals surface area contributed by atoms with Gasteiger partial charge < -0.3 is 10.1 Å². The van der Waals surface area contributed by atoms with E-state index in [2.05, 4.69) is 21.2 Å². The molecule has 0 aliphatic carbocycles. The number of benzene rings is 2. The van der Waals surface area contributed by atoms with Crippen LogP contribution in [0.2, 0.25) is 0 Å². The third-order valence-electron chi connectivity index (χ3n) is 2.52. The van der Waals surface area contributed by atoms with Crippen molar-refractivity contribution < 1.29 is 13.5 Å². The molecular formula is C14H12BrF2NO. The zero-order valence-electron chi connectivity index (χ0n) is 10.2. The van der Waals surface area contributed by atoms with Crippen molar-refractivity contribution in [3.05, 3.63) is 58.1 Å². The number of hydrogen-bond acceptors (Lipinski definition) is 2. The van der Waals surface area contributed by atoms with Gasteiger partial charge in [0, 0.05) is 16.6 Å². The minimum absolute atomic E-state index is 0.143. The number of halogens is 3. The molecule has 2 aromatic rings. The highest BCUT2D eigenvalue weighted by Crippen LogP contribution is 2.31. The molecule has 100 valence electrons. The highest BCUT2D eigenvalue weighted by Gasteiger charge is 2.13. The third-order valence-corrected chi connectivity index (χ3v) is 2.98. The van der Waals surface area contributed by atoms with E-state index >= 15 is 0 Å². The second kappa shape index (κ2) is 6.12. The first-order chi connectivity index (χ1) is 9.11. The van der Waals surface area contributed by atoms with Gasteiger partial charge in [-0.3, -0.25) is 0 Å². The molecule has 19 heavy (non-hydrogen) atoms. The number of ether oxygens (including phenoxy) is 1. The average molecular weight is 328 g/mol. The van der Waals surface area contributed by atoms with Gasteiger partial charge in [0.15, 0.2) is 11.6 Å². The number of rotatable bonds is 4. The van der Waals surface area contributed by atoms with Crippen molar-refractivity contribution in [2.45, 2.75) is 6.54 Å². The highest BCUT2D eigenvalue weighted by atomic mass is 79.9. The van der Waals surface area contributed by atoms with E-state index in [9.17, 15) is 8.78 Å². The first-order valence-corrected chi connectivity index (χ1v) is 6.46. The molecule has 2 rings (SSSR count). The van der Waals surface area contributed by atoms with Crippen LogP contribution in [0.15, 0.2) is 40.9 Å². The third kappa shape index (κ3) is 3.30. The van der Waals surface area contributed by atoms with E-state index in [4.69, 9.17) is 4.74 Å². The topological polar surface area (TPSA) is 21.3 Å². The minimum atomic E-state index is -0.998. The Morgan fingerprint density at radius 2 is 1.89 bits per heavy atom. The molecule has 0 aromatic heterocycles. The molecule has 0 aliphatic heterocycles. The van der Waals surface area contributed by atoms with Gasteiger partial charge in [-0.2, -0.15) is 4.39 Å². The van der Waals surface area contributed by atoms with Crippen LogP contribution in [0.25, 0.3) is 0 Å². The van der Waals surface area contributed by atoms with Crippen LogP contribution in [-0.4, -0.2) is 7.05 Å². The minimum Gasteiger partial charge on any atom is -0.454 e. The molecule has 0 saturated heterocycles. The lowest BCUT2D eigenvalue weighted by atomic mass is 10.2. The maximum absolute atomic E-state index is 13.6. The first-order valence-electron chi connectivity index (χ1n) is 5.66. The molecule has 2 nitrogen and oxygen atoms in total. The van der Waals surface area contributed by atoms with Gasteiger partial charge in [0.25, 0.3) is 0 Å². The monoisotopic (exact) mass is 327 g/mol. The molecule has 0 saturated carbocycles. The Labute approximate surface area is 118 Å². The molecule has 2 aromatic carbocycles. The van der Waals surface area contributed by atoms with Crippen LogP contribution in [0.4, 0.5) is 8.78 Å². The van der Waals surface area contributed by atoms with E-state index in [-0.39, 0.29) is 5.75 Å². The molecule has 0 heterocycles. The number of nitrogens with one attached hydrogen (secondary N) is 1. The van der Waals surface area contributed by atoms with Crippen LogP contribution in [0.3, 0.4) is 0 Å². The van der Waals surface area contributed by atoms with Crippen LogP contribution < -0.4 is 10.1 Å². The zero-order chi connectivity index (χ0) is 13.8. The normalized spacial score (nSPS) is 10.5. The summed E-state index contributed by atoms with van der Waals surface area (Å²) in [5.74, 6) is -1.60. The zero-order valence-corrected chi connectivity index (χ0v) is 11.8. The van der Waals surface area contributed by atoms with E-state index in [1.165, 1.54) is 6.07 Å². The Kier molecular flexibility index (Phi) is 4.50. The predicted molar refractivity (Wildman–Crippen MR) is 73.3 cm³/mol. The lowest BCUT2D eigenvalue weighted by Gasteiger charge is -2.12. The van der Waals surface area contributed by atoms with Crippen molar-refractivity contribution >= 4 is 15.9 Å². The number of hydrogen-bond donors (Lipinski definition) is 1. The molecule has 5 heteroatoms. The fourth-order valence-electron chi connectivity index (χ4n) is 1.67. The molecule has 0 unspecified atom stereocenters. The van der Waals surface area contributed by atoms with E-state index < -0.39 is 11.6 Å². The Morgan fingerprint density at radius 1 is 1.16 bits per heavy atom. The molecular weight excluding hydrogens is 316 g/mol. The summed E-state index contributed by atoms with van der Waals surface area (Å²) in [5, 5.41) is 2.99. The summed E-state index contributed by atoms with van der Waals surface area (Å²) >= 11 is 3.11. The molecule has 0 amide bonds. The first kappa shape index (κ1) is 14.0. The number of para-hydroxylation sites is 1. The average Bonchev–Trinajstić information content (AvgIpc) is 2.38. The van der Waals surface area contributed by atoms with Crippen LogP contribution in [0.5, 0.6) is 11.5 Å². The summed E-state index contributed by atoms with van der Waals surface area (Å²) in [6.07, 6.45) is 0. The second-order valence-corrected chi connectivity index (χ2v) is 4.86. The van der Waals surface area contributed by atoms with E-state index in [1.807, 2.05) is 12.1 Å². The van der Waals surface area contributed by atoms with Gasteiger partial charge in [-0.15, -0.1) is 0 Å². The van der Waals surface area contributed by atoms with Gasteiger partial charge in [-0.25, -0.2) is 4.39 Å².